The number of epoxide rings is 1. The first-order valence-electron chi connectivity index (χ1n) is 19.0. The minimum absolute atomic E-state index is 0.0153. The van der Waals surface area contributed by atoms with Crippen molar-refractivity contribution in [3.8, 4) is 0 Å². The molecule has 2 aliphatic heterocycles. The van der Waals surface area contributed by atoms with Gasteiger partial charge in [-0.05, 0) is 55.1 Å². The number of amides is 4. The lowest BCUT2D eigenvalue weighted by atomic mass is 9.89. The third kappa shape index (κ3) is 13.0. The molecule has 2 aromatic rings. The molecule has 4 N–H and O–H groups in total. The summed E-state index contributed by atoms with van der Waals surface area (Å²) in [5, 5.41) is 11.8. The van der Waals surface area contributed by atoms with Crippen molar-refractivity contribution in [1.82, 2.24) is 26.2 Å². The summed E-state index contributed by atoms with van der Waals surface area (Å²) >= 11 is 0. The molecule has 53 heavy (non-hydrogen) atoms. The standard InChI is InChI=1S/C41H59N5O7/c1-27(2)23-33(37(48)41(6)26-53-41)43-39(50)34(24-31-15-11-8-12-16-31)44-40(51)36(29(5)28(3)4)45-38(49)32(18-17-30-13-9-7-10-14-30)42-35(47)25-46-19-21-52-22-20-46/h7-16,27-29,32-34,36H,17-26H2,1-6H3,(H,42,47)(H,43,50)(H,44,51)(H,45,49)/t29-,32+,33+,34+,36+,41-/m1/s1. The maximum Gasteiger partial charge on any atom is 0.243 e. The Morgan fingerprint density at radius 2 is 1.30 bits per heavy atom. The normalized spacial score (nSPS) is 20.1. The third-order valence-corrected chi connectivity index (χ3v) is 10.2. The van der Waals surface area contributed by atoms with Gasteiger partial charge in [0.05, 0.1) is 32.4 Å². The molecule has 0 unspecified atom stereocenters. The molecule has 2 aliphatic rings. The molecule has 0 aliphatic carbocycles. The molecule has 4 rings (SSSR count). The van der Waals surface area contributed by atoms with Gasteiger partial charge in [-0.25, -0.2) is 0 Å². The zero-order chi connectivity index (χ0) is 38.5. The molecule has 0 bridgehead atoms. The van der Waals surface area contributed by atoms with Crippen LogP contribution in [0.2, 0.25) is 0 Å². The number of carbonyl (C=O) groups excluding carboxylic acids is 5. The van der Waals surface area contributed by atoms with Gasteiger partial charge in [-0.3, -0.25) is 28.9 Å². The van der Waals surface area contributed by atoms with E-state index >= 15 is 0 Å². The topological polar surface area (TPSA) is 158 Å². The van der Waals surface area contributed by atoms with Crippen molar-refractivity contribution in [3.05, 3.63) is 71.8 Å². The average molecular weight is 734 g/mol. The molecule has 0 spiro atoms. The second-order valence-electron chi connectivity index (χ2n) is 15.4. The number of hydrogen-bond donors (Lipinski definition) is 4. The highest BCUT2D eigenvalue weighted by molar-refractivity contribution is 5.99. The molecule has 2 aromatic carbocycles. The zero-order valence-corrected chi connectivity index (χ0v) is 32.2. The van der Waals surface area contributed by atoms with Crippen LogP contribution >= 0.6 is 0 Å². The molecule has 2 heterocycles. The number of Topliss-reactive ketones (excluding diaryl/α,β-unsaturated/α-hetero) is 1. The number of benzene rings is 2. The van der Waals surface area contributed by atoms with Gasteiger partial charge in [0.15, 0.2) is 5.78 Å². The Morgan fingerprint density at radius 1 is 0.736 bits per heavy atom. The molecule has 2 fully saturated rings. The van der Waals surface area contributed by atoms with Crippen LogP contribution in [-0.2, 0) is 46.3 Å². The fraction of sp³-hybridized carbons (Fsp3) is 0.585. The summed E-state index contributed by atoms with van der Waals surface area (Å²) in [4.78, 5) is 71.0. The van der Waals surface area contributed by atoms with Gasteiger partial charge in [-0.15, -0.1) is 0 Å². The zero-order valence-electron chi connectivity index (χ0n) is 32.2. The first-order valence-corrected chi connectivity index (χ1v) is 19.0. The predicted octanol–water partition coefficient (Wildman–Crippen LogP) is 2.83. The van der Waals surface area contributed by atoms with Crippen molar-refractivity contribution in [2.24, 2.45) is 17.8 Å². The second kappa shape index (κ2) is 19.8. The maximum absolute atomic E-state index is 14.3. The predicted molar refractivity (Wildman–Crippen MR) is 203 cm³/mol. The summed E-state index contributed by atoms with van der Waals surface area (Å²) in [6, 6.07) is 15.3. The van der Waals surface area contributed by atoms with E-state index in [0.717, 1.165) is 11.1 Å². The van der Waals surface area contributed by atoms with Gasteiger partial charge in [-0.1, -0.05) is 95.3 Å². The summed E-state index contributed by atoms with van der Waals surface area (Å²) in [5.41, 5.74) is 0.907. The number of hydrogen-bond acceptors (Lipinski definition) is 8. The van der Waals surface area contributed by atoms with Crippen molar-refractivity contribution in [2.45, 2.75) is 97.0 Å². The maximum atomic E-state index is 14.3. The van der Waals surface area contributed by atoms with E-state index in [1.165, 1.54) is 0 Å². The lowest BCUT2D eigenvalue weighted by Gasteiger charge is -2.31. The Morgan fingerprint density at radius 3 is 1.87 bits per heavy atom. The van der Waals surface area contributed by atoms with Gasteiger partial charge >= 0.3 is 0 Å². The van der Waals surface area contributed by atoms with Crippen LogP contribution in [0.1, 0.15) is 65.5 Å². The molecule has 0 radical (unpaired) electrons. The first kappa shape index (κ1) is 41.6. The number of ether oxygens (including phenoxy) is 2. The van der Waals surface area contributed by atoms with E-state index in [9.17, 15) is 24.0 Å². The van der Waals surface area contributed by atoms with Gasteiger partial charge in [0.2, 0.25) is 23.6 Å². The quantitative estimate of drug-likeness (QED) is 0.151. The van der Waals surface area contributed by atoms with Gasteiger partial charge < -0.3 is 30.7 Å². The van der Waals surface area contributed by atoms with Crippen molar-refractivity contribution in [2.75, 3.05) is 39.5 Å². The number of nitrogens with zero attached hydrogens (tertiary/aromatic N) is 1. The lowest BCUT2D eigenvalue weighted by Crippen LogP contribution is -2.60. The summed E-state index contributed by atoms with van der Waals surface area (Å²) < 4.78 is 10.8. The Bertz CT molecular complexity index is 1510. The van der Waals surface area contributed by atoms with Crippen LogP contribution in [0.25, 0.3) is 0 Å². The highest BCUT2D eigenvalue weighted by Gasteiger charge is 2.50. The minimum atomic E-state index is -1.04. The van der Waals surface area contributed by atoms with E-state index in [1.54, 1.807) is 6.92 Å². The molecule has 0 aromatic heterocycles. The smallest absolute Gasteiger partial charge is 0.243 e. The van der Waals surface area contributed by atoms with Crippen molar-refractivity contribution < 1.29 is 33.4 Å². The number of morpholine rings is 1. The second-order valence-corrected chi connectivity index (χ2v) is 15.4. The SMILES string of the molecule is CC(C)C[C@H](NC(=O)[C@H](Cc1ccccc1)NC(=O)[C@@H](NC(=O)[C@H](CCc1ccccc1)NC(=O)CN1CCOCC1)[C@H](C)C(C)C)C(=O)[C@@]1(C)CO1. The van der Waals surface area contributed by atoms with E-state index in [2.05, 4.69) is 21.3 Å². The van der Waals surface area contributed by atoms with Gasteiger partial charge in [0, 0.05) is 19.5 Å². The molecule has 4 amide bonds. The van der Waals surface area contributed by atoms with Gasteiger partial charge in [0.1, 0.15) is 23.7 Å². The fourth-order valence-electron chi connectivity index (χ4n) is 6.42. The Kier molecular flexibility index (Phi) is 15.6. The van der Waals surface area contributed by atoms with Crippen LogP contribution in [0.15, 0.2) is 60.7 Å². The Labute approximate surface area is 314 Å². The van der Waals surface area contributed by atoms with E-state index in [0.29, 0.717) is 52.2 Å². The molecular weight excluding hydrogens is 674 g/mol. The van der Waals surface area contributed by atoms with Crippen molar-refractivity contribution in [3.63, 3.8) is 0 Å². The number of ketones is 1. The van der Waals surface area contributed by atoms with Crippen LogP contribution < -0.4 is 21.3 Å². The summed E-state index contributed by atoms with van der Waals surface area (Å²) in [6.07, 6.45) is 1.44. The molecule has 12 nitrogen and oxygen atoms in total. The largest absolute Gasteiger partial charge is 0.379 e. The Hall–Kier alpha value is -4.13. The van der Waals surface area contributed by atoms with Crippen LogP contribution in [0.5, 0.6) is 0 Å². The van der Waals surface area contributed by atoms with Gasteiger partial charge in [0.25, 0.3) is 0 Å². The first-order chi connectivity index (χ1) is 25.3. The fourth-order valence-corrected chi connectivity index (χ4v) is 6.42. The molecule has 290 valence electrons. The van der Waals surface area contributed by atoms with E-state index in [-0.39, 0.29) is 42.4 Å². The number of carbonyl (C=O) groups is 5. The lowest BCUT2D eigenvalue weighted by molar-refractivity contribution is -0.136. The number of nitrogens with one attached hydrogen (secondary N) is 4. The van der Waals surface area contributed by atoms with Crippen molar-refractivity contribution in [1.29, 1.82) is 0 Å². The van der Waals surface area contributed by atoms with Crippen LogP contribution in [-0.4, -0.2) is 104 Å². The van der Waals surface area contributed by atoms with Gasteiger partial charge in [-0.2, -0.15) is 0 Å². The van der Waals surface area contributed by atoms with E-state index in [4.69, 9.17) is 9.47 Å². The molecule has 0 saturated carbocycles. The number of rotatable bonds is 20. The van der Waals surface area contributed by atoms with Crippen LogP contribution in [0.3, 0.4) is 0 Å². The van der Waals surface area contributed by atoms with E-state index in [1.807, 2.05) is 100 Å². The van der Waals surface area contributed by atoms with E-state index < -0.39 is 47.5 Å². The molecule has 2 saturated heterocycles. The highest BCUT2D eigenvalue weighted by Crippen LogP contribution is 2.29. The third-order valence-electron chi connectivity index (χ3n) is 10.2. The van der Waals surface area contributed by atoms with Crippen LogP contribution in [0.4, 0.5) is 0 Å². The monoisotopic (exact) mass is 733 g/mol. The molecule has 12 heteroatoms. The minimum Gasteiger partial charge on any atom is -0.379 e. The Balaban J connectivity index is 1.54. The summed E-state index contributed by atoms with van der Waals surface area (Å²) in [5.74, 6) is -2.21. The summed E-state index contributed by atoms with van der Waals surface area (Å²) in [7, 11) is 0. The van der Waals surface area contributed by atoms with Crippen molar-refractivity contribution >= 4 is 29.4 Å². The highest BCUT2D eigenvalue weighted by atomic mass is 16.6. The van der Waals surface area contributed by atoms with Crippen LogP contribution in [0, 0.1) is 17.8 Å². The average Bonchev–Trinajstić information content (AvgIpc) is 3.90. The molecular formula is C41H59N5O7. The number of aryl methyl sites for hydroxylation is 1. The summed E-state index contributed by atoms with van der Waals surface area (Å²) in [6.45, 7) is 14.2. The molecule has 6 atom stereocenters.